The van der Waals surface area contributed by atoms with Gasteiger partial charge in [-0.1, -0.05) is 12.1 Å². The van der Waals surface area contributed by atoms with Gasteiger partial charge in [0.15, 0.2) is 0 Å². The Hall–Kier alpha value is -1.06. The molecule has 0 bridgehead atoms. The third-order valence-corrected chi connectivity index (χ3v) is 4.76. The van der Waals surface area contributed by atoms with Crippen LogP contribution in [0, 0.1) is 0 Å². The molecule has 4 heteroatoms. The molecule has 2 rings (SSSR count). The SMILES string of the molecule is CC(C)N1CCC(N(C)C(=O)c2ccc(CCl)cc2)CC1. The van der Waals surface area contributed by atoms with E-state index in [9.17, 15) is 4.79 Å². The van der Waals surface area contributed by atoms with Gasteiger partial charge < -0.3 is 9.80 Å². The van der Waals surface area contributed by atoms with Crippen molar-refractivity contribution in [2.45, 2.75) is 44.7 Å². The van der Waals surface area contributed by atoms with Crippen LogP contribution in [0.15, 0.2) is 24.3 Å². The zero-order chi connectivity index (χ0) is 15.4. The zero-order valence-corrected chi connectivity index (χ0v) is 13.9. The molecule has 1 amide bonds. The number of alkyl halides is 1. The summed E-state index contributed by atoms with van der Waals surface area (Å²) < 4.78 is 0. The molecule has 1 aliphatic heterocycles. The van der Waals surface area contributed by atoms with E-state index in [1.54, 1.807) is 0 Å². The molecule has 1 aliphatic rings. The molecule has 0 atom stereocenters. The van der Waals surface area contributed by atoms with Gasteiger partial charge in [-0.15, -0.1) is 11.6 Å². The van der Waals surface area contributed by atoms with E-state index in [1.165, 1.54) is 0 Å². The fourth-order valence-corrected chi connectivity index (χ4v) is 3.07. The van der Waals surface area contributed by atoms with Crippen molar-refractivity contribution in [2.24, 2.45) is 0 Å². The van der Waals surface area contributed by atoms with Crippen molar-refractivity contribution in [1.29, 1.82) is 0 Å². The van der Waals surface area contributed by atoms with Gasteiger partial charge in [-0.3, -0.25) is 4.79 Å². The fraction of sp³-hybridized carbons (Fsp3) is 0.588. The lowest BCUT2D eigenvalue weighted by Gasteiger charge is -2.38. The first-order valence-corrected chi connectivity index (χ1v) is 8.22. The number of rotatable bonds is 4. The van der Waals surface area contributed by atoms with Gasteiger partial charge in [-0.2, -0.15) is 0 Å². The molecule has 1 saturated heterocycles. The van der Waals surface area contributed by atoms with E-state index in [-0.39, 0.29) is 5.91 Å². The molecule has 1 aromatic carbocycles. The van der Waals surface area contributed by atoms with Crippen molar-refractivity contribution in [2.75, 3.05) is 20.1 Å². The summed E-state index contributed by atoms with van der Waals surface area (Å²) in [6.07, 6.45) is 2.11. The van der Waals surface area contributed by atoms with Crippen LogP contribution in [0.3, 0.4) is 0 Å². The molecule has 0 radical (unpaired) electrons. The number of benzene rings is 1. The number of amides is 1. The monoisotopic (exact) mass is 308 g/mol. The maximum atomic E-state index is 12.5. The van der Waals surface area contributed by atoms with Gasteiger partial charge in [0.2, 0.25) is 0 Å². The minimum Gasteiger partial charge on any atom is -0.339 e. The molecule has 0 aliphatic carbocycles. The largest absolute Gasteiger partial charge is 0.339 e. The van der Waals surface area contributed by atoms with Crippen molar-refractivity contribution in [3.8, 4) is 0 Å². The van der Waals surface area contributed by atoms with E-state index in [1.807, 2.05) is 36.2 Å². The molecule has 1 aromatic rings. The zero-order valence-electron chi connectivity index (χ0n) is 13.2. The second-order valence-electron chi connectivity index (χ2n) is 6.11. The summed E-state index contributed by atoms with van der Waals surface area (Å²) >= 11 is 5.78. The van der Waals surface area contributed by atoms with E-state index in [2.05, 4.69) is 18.7 Å². The number of carbonyl (C=O) groups is 1. The lowest BCUT2D eigenvalue weighted by molar-refractivity contribution is 0.0615. The Morgan fingerprint density at radius 2 is 1.86 bits per heavy atom. The topological polar surface area (TPSA) is 23.6 Å². The van der Waals surface area contributed by atoms with Crippen LogP contribution in [-0.2, 0) is 5.88 Å². The molecule has 0 saturated carbocycles. The average Bonchev–Trinajstić information content (AvgIpc) is 2.53. The third kappa shape index (κ3) is 3.98. The molecule has 1 fully saturated rings. The number of piperidine rings is 1. The molecular formula is C17H25ClN2O. The number of carbonyl (C=O) groups excluding carboxylic acids is 1. The van der Waals surface area contributed by atoms with Gasteiger partial charge in [-0.25, -0.2) is 0 Å². The molecule has 116 valence electrons. The second-order valence-corrected chi connectivity index (χ2v) is 6.37. The van der Waals surface area contributed by atoms with E-state index in [0.29, 0.717) is 18.0 Å². The van der Waals surface area contributed by atoms with Crippen molar-refractivity contribution < 1.29 is 4.79 Å². The summed E-state index contributed by atoms with van der Waals surface area (Å²) in [5.74, 6) is 0.594. The van der Waals surface area contributed by atoms with Crippen LogP contribution in [0.25, 0.3) is 0 Å². The molecular weight excluding hydrogens is 284 g/mol. The van der Waals surface area contributed by atoms with Crippen LogP contribution in [-0.4, -0.2) is 47.9 Å². The third-order valence-electron chi connectivity index (χ3n) is 4.45. The Bertz CT molecular complexity index is 464. The van der Waals surface area contributed by atoms with E-state index < -0.39 is 0 Å². The van der Waals surface area contributed by atoms with Gasteiger partial charge in [0.05, 0.1) is 0 Å². The summed E-state index contributed by atoms with van der Waals surface area (Å²) in [5, 5.41) is 0. The molecule has 1 heterocycles. The Kier molecular flexibility index (Phi) is 5.65. The average molecular weight is 309 g/mol. The maximum absolute atomic E-state index is 12.5. The molecule has 0 N–H and O–H groups in total. The van der Waals surface area contributed by atoms with E-state index in [4.69, 9.17) is 11.6 Å². The summed E-state index contributed by atoms with van der Waals surface area (Å²) in [6, 6.07) is 8.54. The standard InChI is InChI=1S/C17H25ClN2O/c1-13(2)20-10-8-16(9-11-20)19(3)17(21)15-6-4-14(12-18)5-7-15/h4-7,13,16H,8-12H2,1-3H3. The number of nitrogens with zero attached hydrogens (tertiary/aromatic N) is 2. The van der Waals surface area contributed by atoms with Crippen molar-refractivity contribution in [1.82, 2.24) is 9.80 Å². The first kappa shape index (κ1) is 16.3. The van der Waals surface area contributed by atoms with Crippen LogP contribution < -0.4 is 0 Å². The van der Waals surface area contributed by atoms with Crippen molar-refractivity contribution in [3.63, 3.8) is 0 Å². The Morgan fingerprint density at radius 3 is 2.33 bits per heavy atom. The minimum absolute atomic E-state index is 0.110. The molecule has 3 nitrogen and oxygen atoms in total. The van der Waals surface area contributed by atoms with Crippen LogP contribution in [0.2, 0.25) is 0 Å². The van der Waals surface area contributed by atoms with Gasteiger partial charge >= 0.3 is 0 Å². The van der Waals surface area contributed by atoms with Crippen molar-refractivity contribution in [3.05, 3.63) is 35.4 Å². The summed E-state index contributed by atoms with van der Waals surface area (Å²) in [5.41, 5.74) is 1.79. The predicted molar refractivity (Wildman–Crippen MR) is 87.8 cm³/mol. The lowest BCUT2D eigenvalue weighted by Crippen LogP contribution is -2.47. The predicted octanol–water partition coefficient (Wildman–Crippen LogP) is 3.37. The Labute approximate surface area is 132 Å². The van der Waals surface area contributed by atoms with Gasteiger partial charge in [0.25, 0.3) is 5.91 Å². The summed E-state index contributed by atoms with van der Waals surface area (Å²) in [7, 11) is 1.92. The number of hydrogen-bond donors (Lipinski definition) is 0. The quantitative estimate of drug-likeness (QED) is 0.796. The second kappa shape index (κ2) is 7.28. The van der Waals surface area contributed by atoms with Crippen LogP contribution in [0.5, 0.6) is 0 Å². The van der Waals surface area contributed by atoms with E-state index in [0.717, 1.165) is 37.1 Å². The van der Waals surface area contributed by atoms with Crippen LogP contribution >= 0.6 is 11.6 Å². The normalized spacial score (nSPS) is 17.2. The van der Waals surface area contributed by atoms with E-state index >= 15 is 0 Å². The Balaban J connectivity index is 1.96. The highest BCUT2D eigenvalue weighted by Gasteiger charge is 2.26. The molecule has 0 aromatic heterocycles. The number of likely N-dealkylation sites (tertiary alicyclic amines) is 1. The fourth-order valence-electron chi connectivity index (χ4n) is 2.90. The van der Waals surface area contributed by atoms with Crippen LogP contribution in [0.1, 0.15) is 42.6 Å². The molecule has 21 heavy (non-hydrogen) atoms. The highest BCUT2D eigenvalue weighted by molar-refractivity contribution is 6.17. The smallest absolute Gasteiger partial charge is 0.253 e. The first-order valence-electron chi connectivity index (χ1n) is 7.69. The Morgan fingerprint density at radius 1 is 1.29 bits per heavy atom. The van der Waals surface area contributed by atoms with Crippen LogP contribution in [0.4, 0.5) is 0 Å². The molecule has 0 unspecified atom stereocenters. The molecule has 0 spiro atoms. The lowest BCUT2D eigenvalue weighted by atomic mass is 10.0. The highest BCUT2D eigenvalue weighted by Crippen LogP contribution is 2.19. The minimum atomic E-state index is 0.110. The maximum Gasteiger partial charge on any atom is 0.253 e. The summed E-state index contributed by atoms with van der Waals surface area (Å²) in [4.78, 5) is 16.9. The van der Waals surface area contributed by atoms with Gasteiger partial charge in [0, 0.05) is 43.7 Å². The highest BCUT2D eigenvalue weighted by atomic mass is 35.5. The van der Waals surface area contributed by atoms with Crippen molar-refractivity contribution >= 4 is 17.5 Å². The number of hydrogen-bond acceptors (Lipinski definition) is 2. The first-order chi connectivity index (χ1) is 10.0. The summed E-state index contributed by atoms with van der Waals surface area (Å²) in [6.45, 7) is 6.61. The van der Waals surface area contributed by atoms with Gasteiger partial charge in [0.1, 0.15) is 0 Å². The number of halogens is 1. The van der Waals surface area contributed by atoms with Gasteiger partial charge in [-0.05, 0) is 44.4 Å².